The summed E-state index contributed by atoms with van der Waals surface area (Å²) >= 11 is 6.21. The Hall–Kier alpha value is -2.00. The van der Waals surface area contributed by atoms with Gasteiger partial charge in [-0.2, -0.15) is 0 Å². The molecule has 4 rings (SSSR count). The Morgan fingerprint density at radius 2 is 1.96 bits per heavy atom. The van der Waals surface area contributed by atoms with Gasteiger partial charge in [-0.3, -0.25) is 4.79 Å². The van der Waals surface area contributed by atoms with E-state index in [1.165, 1.54) is 5.56 Å². The van der Waals surface area contributed by atoms with Crippen LogP contribution in [0.2, 0.25) is 5.02 Å². The van der Waals surface area contributed by atoms with Crippen molar-refractivity contribution in [1.82, 2.24) is 4.90 Å². The predicted molar refractivity (Wildman–Crippen MR) is 92.6 cm³/mol. The number of likely N-dealkylation sites (tertiary alicyclic amines) is 1. The van der Waals surface area contributed by atoms with Gasteiger partial charge in [-0.05, 0) is 42.2 Å². The monoisotopic (exact) mass is 326 g/mol. The van der Waals surface area contributed by atoms with Gasteiger partial charge in [0.2, 0.25) is 5.91 Å². The molecule has 23 heavy (non-hydrogen) atoms. The highest BCUT2D eigenvalue weighted by Crippen LogP contribution is 2.44. The zero-order chi connectivity index (χ0) is 15.8. The summed E-state index contributed by atoms with van der Waals surface area (Å²) in [7, 11) is 0. The number of hydrogen-bond acceptors (Lipinski definition) is 2. The van der Waals surface area contributed by atoms with Gasteiger partial charge < -0.3 is 10.2 Å². The van der Waals surface area contributed by atoms with Gasteiger partial charge in [-0.25, -0.2) is 0 Å². The van der Waals surface area contributed by atoms with Crippen molar-refractivity contribution in [2.45, 2.75) is 31.3 Å². The standard InChI is InChI=1S/C19H19ClN2O/c20-14-8-9-16-15(11-14)18(22-10-4-7-19(22)23)12-17(21-16)13-5-2-1-3-6-13/h1-3,5-6,8-9,11,17-18,21H,4,7,10,12H2/t17-,18-/m1/s1. The lowest BCUT2D eigenvalue weighted by Gasteiger charge is -2.38. The van der Waals surface area contributed by atoms with Crippen LogP contribution in [-0.2, 0) is 4.79 Å². The van der Waals surface area contributed by atoms with E-state index >= 15 is 0 Å². The smallest absolute Gasteiger partial charge is 0.223 e. The summed E-state index contributed by atoms with van der Waals surface area (Å²) in [5.74, 6) is 0.259. The first-order valence-corrected chi connectivity index (χ1v) is 8.50. The summed E-state index contributed by atoms with van der Waals surface area (Å²) in [6.45, 7) is 0.844. The van der Waals surface area contributed by atoms with Crippen LogP contribution in [-0.4, -0.2) is 17.4 Å². The Balaban J connectivity index is 1.74. The maximum Gasteiger partial charge on any atom is 0.223 e. The van der Waals surface area contributed by atoms with Gasteiger partial charge in [0.05, 0.1) is 12.1 Å². The van der Waals surface area contributed by atoms with E-state index in [1.807, 2.05) is 29.2 Å². The highest BCUT2D eigenvalue weighted by molar-refractivity contribution is 6.30. The average Bonchev–Trinajstić information content (AvgIpc) is 3.00. The molecule has 0 aliphatic carbocycles. The van der Waals surface area contributed by atoms with Gasteiger partial charge in [0, 0.05) is 23.7 Å². The molecule has 2 aromatic carbocycles. The van der Waals surface area contributed by atoms with Gasteiger partial charge in [0.25, 0.3) is 0 Å². The Bertz CT molecular complexity index is 731. The first-order chi connectivity index (χ1) is 11.2. The molecule has 0 unspecified atom stereocenters. The molecule has 2 atom stereocenters. The molecule has 1 saturated heterocycles. The fourth-order valence-electron chi connectivity index (χ4n) is 3.74. The molecule has 2 aliphatic heterocycles. The van der Waals surface area contributed by atoms with Crippen molar-refractivity contribution in [3.05, 3.63) is 64.7 Å². The first kappa shape index (κ1) is 14.6. The van der Waals surface area contributed by atoms with E-state index in [1.54, 1.807) is 0 Å². The second-order valence-corrected chi connectivity index (χ2v) is 6.72. The van der Waals surface area contributed by atoms with Gasteiger partial charge in [0.1, 0.15) is 0 Å². The second-order valence-electron chi connectivity index (χ2n) is 6.28. The fraction of sp³-hybridized carbons (Fsp3) is 0.316. The molecule has 118 valence electrons. The molecule has 1 fully saturated rings. The van der Waals surface area contributed by atoms with Crippen LogP contribution in [0.25, 0.3) is 0 Å². The normalized spacial score (nSPS) is 23.5. The first-order valence-electron chi connectivity index (χ1n) is 8.13. The van der Waals surface area contributed by atoms with E-state index in [2.05, 4.69) is 29.6 Å². The molecular formula is C19H19ClN2O. The number of benzene rings is 2. The van der Waals surface area contributed by atoms with Crippen molar-refractivity contribution >= 4 is 23.2 Å². The molecular weight excluding hydrogens is 308 g/mol. The van der Waals surface area contributed by atoms with E-state index < -0.39 is 0 Å². The van der Waals surface area contributed by atoms with Crippen LogP contribution in [0.15, 0.2) is 48.5 Å². The number of carbonyl (C=O) groups is 1. The highest BCUT2D eigenvalue weighted by atomic mass is 35.5. The van der Waals surface area contributed by atoms with Gasteiger partial charge >= 0.3 is 0 Å². The number of fused-ring (bicyclic) bond motifs is 1. The molecule has 0 spiro atoms. The molecule has 3 nitrogen and oxygen atoms in total. The number of rotatable bonds is 2. The second kappa shape index (κ2) is 5.89. The minimum Gasteiger partial charge on any atom is -0.378 e. The maximum absolute atomic E-state index is 12.3. The van der Waals surface area contributed by atoms with Crippen molar-refractivity contribution < 1.29 is 4.79 Å². The van der Waals surface area contributed by atoms with Crippen molar-refractivity contribution in [1.29, 1.82) is 0 Å². The predicted octanol–water partition coefficient (Wildman–Crippen LogP) is 4.56. The topological polar surface area (TPSA) is 32.3 Å². The van der Waals surface area contributed by atoms with Crippen LogP contribution in [0.3, 0.4) is 0 Å². The molecule has 2 aliphatic rings. The zero-order valence-corrected chi connectivity index (χ0v) is 13.6. The third-order valence-corrected chi connectivity index (χ3v) is 5.08. The lowest BCUT2D eigenvalue weighted by atomic mass is 9.88. The van der Waals surface area contributed by atoms with Crippen molar-refractivity contribution in [3.8, 4) is 0 Å². The largest absolute Gasteiger partial charge is 0.378 e. The lowest BCUT2D eigenvalue weighted by molar-refractivity contribution is -0.130. The Morgan fingerprint density at radius 1 is 1.13 bits per heavy atom. The average molecular weight is 327 g/mol. The molecule has 1 amide bonds. The van der Waals surface area contributed by atoms with E-state index in [0.29, 0.717) is 6.42 Å². The summed E-state index contributed by atoms with van der Waals surface area (Å²) in [5, 5.41) is 4.33. The number of anilines is 1. The molecule has 0 aromatic heterocycles. The van der Waals surface area contributed by atoms with E-state index in [-0.39, 0.29) is 18.0 Å². The summed E-state index contributed by atoms with van der Waals surface area (Å²) in [5.41, 5.74) is 3.48. The molecule has 2 aromatic rings. The van der Waals surface area contributed by atoms with Crippen LogP contribution in [0, 0.1) is 0 Å². The summed E-state index contributed by atoms with van der Waals surface area (Å²) in [6.07, 6.45) is 2.49. The quantitative estimate of drug-likeness (QED) is 0.877. The Kier molecular flexibility index (Phi) is 3.74. The number of nitrogens with zero attached hydrogens (tertiary/aromatic N) is 1. The van der Waals surface area contributed by atoms with E-state index in [9.17, 15) is 4.79 Å². The van der Waals surface area contributed by atoms with Crippen LogP contribution in [0.4, 0.5) is 5.69 Å². The minimum atomic E-state index is 0.102. The van der Waals surface area contributed by atoms with Crippen LogP contribution >= 0.6 is 11.6 Å². The maximum atomic E-state index is 12.3. The summed E-state index contributed by atoms with van der Waals surface area (Å²) in [6, 6.07) is 16.7. The minimum absolute atomic E-state index is 0.102. The van der Waals surface area contributed by atoms with Crippen LogP contribution in [0.1, 0.15) is 42.5 Å². The molecule has 4 heteroatoms. The number of halogens is 1. The highest BCUT2D eigenvalue weighted by Gasteiger charge is 2.35. The van der Waals surface area contributed by atoms with Gasteiger partial charge in [-0.1, -0.05) is 41.9 Å². The molecule has 0 bridgehead atoms. The lowest BCUT2D eigenvalue weighted by Crippen LogP contribution is -2.35. The Labute approximate surface area is 141 Å². The number of amides is 1. The van der Waals surface area contributed by atoms with E-state index in [4.69, 9.17) is 11.6 Å². The van der Waals surface area contributed by atoms with Crippen LogP contribution in [0.5, 0.6) is 0 Å². The molecule has 0 saturated carbocycles. The third-order valence-electron chi connectivity index (χ3n) is 4.85. The number of hydrogen-bond donors (Lipinski definition) is 1. The number of carbonyl (C=O) groups excluding carboxylic acids is 1. The number of nitrogens with one attached hydrogen (secondary N) is 1. The summed E-state index contributed by atoms with van der Waals surface area (Å²) < 4.78 is 0. The van der Waals surface area contributed by atoms with Gasteiger partial charge in [0.15, 0.2) is 0 Å². The van der Waals surface area contributed by atoms with Crippen molar-refractivity contribution in [2.75, 3.05) is 11.9 Å². The van der Waals surface area contributed by atoms with Crippen molar-refractivity contribution in [3.63, 3.8) is 0 Å². The van der Waals surface area contributed by atoms with Crippen molar-refractivity contribution in [2.24, 2.45) is 0 Å². The van der Waals surface area contributed by atoms with E-state index in [0.717, 1.165) is 35.7 Å². The molecule has 2 heterocycles. The Morgan fingerprint density at radius 3 is 2.70 bits per heavy atom. The molecule has 1 N–H and O–H groups in total. The molecule has 0 radical (unpaired) electrons. The zero-order valence-electron chi connectivity index (χ0n) is 12.8. The summed E-state index contributed by atoms with van der Waals surface area (Å²) in [4.78, 5) is 14.3. The van der Waals surface area contributed by atoms with Crippen LogP contribution < -0.4 is 5.32 Å². The third kappa shape index (κ3) is 2.70. The fourth-order valence-corrected chi connectivity index (χ4v) is 3.92. The van der Waals surface area contributed by atoms with Gasteiger partial charge in [-0.15, -0.1) is 0 Å². The SMILES string of the molecule is O=C1CCCN1[C@@H]1C[C@H](c2ccccc2)Nc2ccc(Cl)cc21.